The molecule has 1 fully saturated rings. The van der Waals surface area contributed by atoms with Crippen molar-refractivity contribution < 1.29 is 9.53 Å². The summed E-state index contributed by atoms with van der Waals surface area (Å²) in [5, 5.41) is 0.871. The Labute approximate surface area is 117 Å². The second-order valence-corrected chi connectivity index (χ2v) is 5.05. The number of nitrogen functional groups attached to an aromatic ring is 1. The summed E-state index contributed by atoms with van der Waals surface area (Å²) in [5.74, 6) is -0.113. The molecule has 1 saturated heterocycles. The van der Waals surface area contributed by atoms with Crippen LogP contribution in [0.3, 0.4) is 0 Å². The van der Waals surface area contributed by atoms with Gasteiger partial charge in [0.15, 0.2) is 0 Å². The molecule has 1 atom stereocenters. The summed E-state index contributed by atoms with van der Waals surface area (Å²) in [6.07, 6.45) is 0.866. The molecular formula is C15H17N3O2. The van der Waals surface area contributed by atoms with E-state index >= 15 is 0 Å². The number of nitrogens with zero attached hydrogens (tertiary/aromatic N) is 2. The predicted octanol–water partition coefficient (Wildman–Crippen LogP) is 1.68. The fourth-order valence-electron chi connectivity index (χ4n) is 2.49. The van der Waals surface area contributed by atoms with E-state index < -0.39 is 0 Å². The van der Waals surface area contributed by atoms with Crippen molar-refractivity contribution in [2.24, 2.45) is 0 Å². The molecule has 1 aliphatic heterocycles. The quantitative estimate of drug-likeness (QED) is 0.902. The van der Waals surface area contributed by atoms with Gasteiger partial charge in [0.1, 0.15) is 5.69 Å². The largest absolute Gasteiger partial charge is 0.398 e. The van der Waals surface area contributed by atoms with Crippen LogP contribution in [0.2, 0.25) is 0 Å². The molecule has 2 N–H and O–H groups in total. The molecule has 2 aromatic rings. The van der Waals surface area contributed by atoms with Crippen LogP contribution in [-0.4, -0.2) is 42.1 Å². The van der Waals surface area contributed by atoms with Gasteiger partial charge in [-0.05, 0) is 18.6 Å². The van der Waals surface area contributed by atoms with Gasteiger partial charge in [-0.3, -0.25) is 4.79 Å². The van der Waals surface area contributed by atoms with Crippen LogP contribution in [0.5, 0.6) is 0 Å². The molecule has 1 aliphatic rings. The van der Waals surface area contributed by atoms with E-state index in [1.165, 1.54) is 0 Å². The normalized spacial score (nSPS) is 18.4. The van der Waals surface area contributed by atoms with Gasteiger partial charge in [-0.25, -0.2) is 4.98 Å². The molecule has 104 valence electrons. The van der Waals surface area contributed by atoms with Gasteiger partial charge in [-0.15, -0.1) is 0 Å². The van der Waals surface area contributed by atoms with Crippen LogP contribution in [0.15, 0.2) is 30.3 Å². The molecule has 1 aromatic carbocycles. The monoisotopic (exact) mass is 271 g/mol. The number of rotatable bonds is 2. The lowest BCUT2D eigenvalue weighted by atomic mass is 10.1. The third-order valence-electron chi connectivity index (χ3n) is 3.74. The minimum Gasteiger partial charge on any atom is -0.398 e. The van der Waals surface area contributed by atoms with E-state index in [-0.39, 0.29) is 11.9 Å². The predicted molar refractivity (Wildman–Crippen MR) is 77.5 cm³/mol. The third-order valence-corrected chi connectivity index (χ3v) is 3.74. The number of carbonyl (C=O) groups is 1. The van der Waals surface area contributed by atoms with Crippen molar-refractivity contribution in [3.63, 3.8) is 0 Å². The Morgan fingerprint density at radius 2 is 2.25 bits per heavy atom. The van der Waals surface area contributed by atoms with Crippen molar-refractivity contribution in [3.8, 4) is 0 Å². The summed E-state index contributed by atoms with van der Waals surface area (Å²) in [6.45, 7) is 1.29. The van der Waals surface area contributed by atoms with Gasteiger partial charge < -0.3 is 15.4 Å². The molecule has 3 rings (SSSR count). The molecule has 0 saturated carbocycles. The average Bonchev–Trinajstić information content (AvgIpc) is 3.00. The van der Waals surface area contributed by atoms with Crippen molar-refractivity contribution in [3.05, 3.63) is 36.0 Å². The van der Waals surface area contributed by atoms with E-state index in [1.807, 2.05) is 24.3 Å². The fraction of sp³-hybridized carbons (Fsp3) is 0.333. The molecule has 0 radical (unpaired) electrons. The summed E-state index contributed by atoms with van der Waals surface area (Å²) in [4.78, 5) is 18.6. The Hall–Kier alpha value is -2.14. The van der Waals surface area contributed by atoms with Crippen molar-refractivity contribution in [2.45, 2.75) is 12.5 Å². The number of likely N-dealkylation sites (N-methyl/N-ethyl adjacent to an activating group) is 1. The van der Waals surface area contributed by atoms with Crippen LogP contribution in [0.25, 0.3) is 10.9 Å². The van der Waals surface area contributed by atoms with E-state index in [0.717, 1.165) is 17.3 Å². The number of anilines is 1. The highest BCUT2D eigenvalue weighted by Gasteiger charge is 2.26. The van der Waals surface area contributed by atoms with Crippen molar-refractivity contribution in [1.82, 2.24) is 9.88 Å². The number of pyridine rings is 1. The Morgan fingerprint density at radius 1 is 1.45 bits per heavy atom. The van der Waals surface area contributed by atoms with Crippen molar-refractivity contribution in [2.75, 3.05) is 26.0 Å². The van der Waals surface area contributed by atoms with Gasteiger partial charge in [0.2, 0.25) is 0 Å². The third kappa shape index (κ3) is 2.20. The number of aromatic nitrogens is 1. The number of amides is 1. The molecule has 0 spiro atoms. The molecule has 2 heterocycles. The van der Waals surface area contributed by atoms with Crippen LogP contribution in [0, 0.1) is 0 Å². The molecule has 1 aromatic heterocycles. The lowest BCUT2D eigenvalue weighted by molar-refractivity contribution is 0.0706. The molecular weight excluding hydrogens is 254 g/mol. The minimum atomic E-state index is -0.113. The Bertz CT molecular complexity index is 651. The van der Waals surface area contributed by atoms with Crippen LogP contribution in [0.1, 0.15) is 16.9 Å². The maximum absolute atomic E-state index is 12.5. The molecule has 0 bridgehead atoms. The van der Waals surface area contributed by atoms with E-state index in [9.17, 15) is 4.79 Å². The zero-order valence-electron chi connectivity index (χ0n) is 11.4. The van der Waals surface area contributed by atoms with Crippen LogP contribution in [-0.2, 0) is 4.74 Å². The average molecular weight is 271 g/mol. The van der Waals surface area contributed by atoms with Gasteiger partial charge in [0.05, 0.1) is 18.2 Å². The van der Waals surface area contributed by atoms with Crippen LogP contribution >= 0.6 is 0 Å². The smallest absolute Gasteiger partial charge is 0.272 e. The first-order valence-corrected chi connectivity index (χ1v) is 6.67. The minimum absolute atomic E-state index is 0.113. The standard InChI is InChI=1S/C15H17N3O2/c1-18(10-6-7-20-9-10)15(19)14-8-12(16)11-4-2-3-5-13(11)17-14/h2-5,8,10H,6-7,9H2,1H3,(H2,16,17). The van der Waals surface area contributed by atoms with Gasteiger partial charge in [0.25, 0.3) is 5.91 Å². The summed E-state index contributed by atoms with van der Waals surface area (Å²) in [7, 11) is 1.79. The lowest BCUT2D eigenvalue weighted by Gasteiger charge is -2.23. The molecule has 1 unspecified atom stereocenters. The number of nitrogens with two attached hydrogens (primary N) is 1. The Morgan fingerprint density at radius 3 is 3.00 bits per heavy atom. The Balaban J connectivity index is 1.95. The number of ether oxygens (including phenoxy) is 1. The van der Waals surface area contributed by atoms with E-state index in [4.69, 9.17) is 10.5 Å². The topological polar surface area (TPSA) is 68.5 Å². The van der Waals surface area contributed by atoms with E-state index in [0.29, 0.717) is 24.6 Å². The van der Waals surface area contributed by atoms with Crippen LogP contribution < -0.4 is 5.73 Å². The summed E-state index contributed by atoms with van der Waals surface area (Å²) >= 11 is 0. The van der Waals surface area contributed by atoms with Gasteiger partial charge in [-0.1, -0.05) is 18.2 Å². The first-order chi connectivity index (χ1) is 9.66. The van der Waals surface area contributed by atoms with Gasteiger partial charge in [0, 0.05) is 24.7 Å². The van der Waals surface area contributed by atoms with Gasteiger partial charge >= 0.3 is 0 Å². The second kappa shape index (κ2) is 5.09. The highest BCUT2D eigenvalue weighted by Crippen LogP contribution is 2.21. The molecule has 20 heavy (non-hydrogen) atoms. The fourth-order valence-corrected chi connectivity index (χ4v) is 2.49. The molecule has 5 nitrogen and oxygen atoms in total. The highest BCUT2D eigenvalue weighted by molar-refractivity contribution is 5.99. The SMILES string of the molecule is CN(C(=O)c1cc(N)c2ccccc2n1)C1CCOC1. The maximum atomic E-state index is 12.5. The number of fused-ring (bicyclic) bond motifs is 1. The molecule has 0 aliphatic carbocycles. The first kappa shape index (κ1) is 12.9. The lowest BCUT2D eigenvalue weighted by Crippen LogP contribution is -2.37. The van der Waals surface area contributed by atoms with E-state index in [1.54, 1.807) is 18.0 Å². The highest BCUT2D eigenvalue weighted by atomic mass is 16.5. The van der Waals surface area contributed by atoms with Crippen LogP contribution in [0.4, 0.5) is 5.69 Å². The van der Waals surface area contributed by atoms with Gasteiger partial charge in [-0.2, -0.15) is 0 Å². The van der Waals surface area contributed by atoms with Crippen molar-refractivity contribution in [1.29, 1.82) is 0 Å². The van der Waals surface area contributed by atoms with Crippen molar-refractivity contribution >= 4 is 22.5 Å². The summed E-state index contributed by atoms with van der Waals surface area (Å²) < 4.78 is 5.32. The summed E-state index contributed by atoms with van der Waals surface area (Å²) in [6, 6.07) is 9.33. The molecule has 1 amide bonds. The number of hydrogen-bond acceptors (Lipinski definition) is 4. The second-order valence-electron chi connectivity index (χ2n) is 5.05. The zero-order chi connectivity index (χ0) is 14.1. The number of carbonyl (C=O) groups excluding carboxylic acids is 1. The number of para-hydroxylation sites is 1. The number of benzene rings is 1. The zero-order valence-corrected chi connectivity index (χ0v) is 11.4. The van der Waals surface area contributed by atoms with E-state index in [2.05, 4.69) is 4.98 Å². The first-order valence-electron chi connectivity index (χ1n) is 6.67. The summed E-state index contributed by atoms with van der Waals surface area (Å²) in [5.41, 5.74) is 7.72. The number of hydrogen-bond donors (Lipinski definition) is 1. The Kier molecular flexibility index (Phi) is 3.28. The molecule has 5 heteroatoms. The maximum Gasteiger partial charge on any atom is 0.272 e.